The summed E-state index contributed by atoms with van der Waals surface area (Å²) >= 11 is 0. The third-order valence-electron chi connectivity index (χ3n) is 1.60. The van der Waals surface area contributed by atoms with Crippen molar-refractivity contribution in [1.29, 1.82) is 0 Å². The number of methoxy groups -OCH3 is 1. The van der Waals surface area contributed by atoms with Gasteiger partial charge in [0.2, 0.25) is 0 Å². The molecule has 0 aliphatic heterocycles. The fourth-order valence-electron chi connectivity index (χ4n) is 0.964. The Kier molecular flexibility index (Phi) is 2.57. The van der Waals surface area contributed by atoms with Crippen molar-refractivity contribution in [2.75, 3.05) is 12.8 Å². The molecule has 0 bridgehead atoms. The molecule has 12 heavy (non-hydrogen) atoms. The van der Waals surface area contributed by atoms with Crippen LogP contribution in [0.2, 0.25) is 0 Å². The van der Waals surface area contributed by atoms with E-state index >= 15 is 0 Å². The van der Waals surface area contributed by atoms with Crippen LogP contribution >= 0.6 is 0 Å². The lowest BCUT2D eigenvalue weighted by molar-refractivity contribution is 0.414. The summed E-state index contributed by atoms with van der Waals surface area (Å²) in [6.07, 6.45) is 0. The van der Waals surface area contributed by atoms with Crippen LogP contribution in [0.15, 0.2) is 18.2 Å². The molecule has 0 aliphatic rings. The van der Waals surface area contributed by atoms with Gasteiger partial charge in [0.15, 0.2) is 0 Å². The van der Waals surface area contributed by atoms with Gasteiger partial charge < -0.3 is 20.5 Å². The summed E-state index contributed by atoms with van der Waals surface area (Å²) in [5.74, 6) is 0.445. The van der Waals surface area contributed by atoms with E-state index in [1.54, 1.807) is 12.1 Å². The smallest absolute Gasteiger partial charge is 0.490 e. The van der Waals surface area contributed by atoms with Crippen LogP contribution in [0.5, 0.6) is 5.75 Å². The van der Waals surface area contributed by atoms with Crippen molar-refractivity contribution in [2.24, 2.45) is 0 Å². The number of hydrogen-bond acceptors (Lipinski definition) is 4. The van der Waals surface area contributed by atoms with Gasteiger partial charge in [0.05, 0.1) is 12.8 Å². The average molecular weight is 167 g/mol. The second kappa shape index (κ2) is 3.47. The number of ether oxygens (including phenoxy) is 1. The molecular weight excluding hydrogens is 157 g/mol. The zero-order chi connectivity index (χ0) is 9.14. The first kappa shape index (κ1) is 8.90. The lowest BCUT2D eigenvalue weighted by atomic mass is 9.79. The molecule has 0 aliphatic carbocycles. The first-order valence-electron chi connectivity index (χ1n) is 3.45. The summed E-state index contributed by atoms with van der Waals surface area (Å²) in [6.45, 7) is 0. The summed E-state index contributed by atoms with van der Waals surface area (Å²) < 4.78 is 4.89. The maximum atomic E-state index is 8.84. The van der Waals surface area contributed by atoms with E-state index in [1.807, 2.05) is 0 Å². The van der Waals surface area contributed by atoms with Crippen LogP contribution in [0.1, 0.15) is 0 Å². The Hall–Kier alpha value is -1.20. The highest BCUT2D eigenvalue weighted by Gasteiger charge is 2.16. The number of nitrogen functional groups attached to an aromatic ring is 1. The zero-order valence-electron chi connectivity index (χ0n) is 6.69. The van der Waals surface area contributed by atoms with E-state index < -0.39 is 7.12 Å². The van der Waals surface area contributed by atoms with Crippen LogP contribution in [0.4, 0.5) is 5.69 Å². The van der Waals surface area contributed by atoms with E-state index in [-0.39, 0.29) is 11.2 Å². The molecule has 0 atom stereocenters. The molecule has 0 saturated carbocycles. The fourth-order valence-corrected chi connectivity index (χ4v) is 0.964. The third-order valence-corrected chi connectivity index (χ3v) is 1.60. The number of para-hydroxylation sites is 1. The molecule has 0 saturated heterocycles. The first-order chi connectivity index (χ1) is 5.66. The molecule has 0 radical (unpaired) electrons. The monoisotopic (exact) mass is 167 g/mol. The predicted molar refractivity (Wildman–Crippen MR) is 47.2 cm³/mol. The van der Waals surface area contributed by atoms with E-state index in [0.29, 0.717) is 5.75 Å². The van der Waals surface area contributed by atoms with Crippen LogP contribution < -0.4 is 15.9 Å². The molecule has 4 N–H and O–H groups in total. The third kappa shape index (κ3) is 1.52. The quantitative estimate of drug-likeness (QED) is 0.388. The molecule has 1 aromatic rings. The Morgan fingerprint density at radius 2 is 2.08 bits per heavy atom. The van der Waals surface area contributed by atoms with Crippen molar-refractivity contribution in [3.05, 3.63) is 18.2 Å². The molecule has 0 heterocycles. The highest BCUT2D eigenvalue weighted by Crippen LogP contribution is 2.17. The van der Waals surface area contributed by atoms with Gasteiger partial charge in [-0.25, -0.2) is 0 Å². The summed E-state index contributed by atoms with van der Waals surface area (Å²) in [7, 11) is -0.0840. The summed E-state index contributed by atoms with van der Waals surface area (Å²) in [5.41, 5.74) is 6.07. The van der Waals surface area contributed by atoms with Crippen molar-refractivity contribution in [3.63, 3.8) is 0 Å². The van der Waals surface area contributed by atoms with Crippen molar-refractivity contribution in [1.82, 2.24) is 0 Å². The van der Waals surface area contributed by atoms with Gasteiger partial charge >= 0.3 is 7.12 Å². The van der Waals surface area contributed by atoms with Crippen LogP contribution in [0.25, 0.3) is 0 Å². The second-order valence-electron chi connectivity index (χ2n) is 2.34. The largest absolute Gasteiger partial charge is 0.495 e. The van der Waals surface area contributed by atoms with E-state index in [1.165, 1.54) is 13.2 Å². The number of benzene rings is 1. The second-order valence-corrected chi connectivity index (χ2v) is 2.34. The van der Waals surface area contributed by atoms with Gasteiger partial charge in [-0.1, -0.05) is 12.1 Å². The van der Waals surface area contributed by atoms with E-state index in [0.717, 1.165) is 0 Å². The summed E-state index contributed by atoms with van der Waals surface area (Å²) in [6, 6.07) is 4.83. The Bertz CT molecular complexity index is 277. The molecule has 5 heteroatoms. The van der Waals surface area contributed by atoms with Gasteiger partial charge in [-0.3, -0.25) is 0 Å². The highest BCUT2D eigenvalue weighted by molar-refractivity contribution is 6.60. The Labute approximate surface area is 70.7 Å². The average Bonchev–Trinajstić information content (AvgIpc) is 2.04. The molecule has 0 unspecified atom stereocenters. The summed E-state index contributed by atoms with van der Waals surface area (Å²) in [5, 5.41) is 17.7. The number of anilines is 1. The molecule has 1 rings (SSSR count). The first-order valence-corrected chi connectivity index (χ1v) is 3.45. The SMILES string of the molecule is COc1cccc(B(O)O)c1N. The van der Waals surface area contributed by atoms with Crippen molar-refractivity contribution < 1.29 is 14.8 Å². The molecule has 64 valence electrons. The molecular formula is C7H10BNO3. The lowest BCUT2D eigenvalue weighted by Gasteiger charge is -2.08. The molecule has 0 amide bonds. The molecule has 4 nitrogen and oxygen atoms in total. The number of rotatable bonds is 2. The van der Waals surface area contributed by atoms with E-state index in [9.17, 15) is 0 Å². The highest BCUT2D eigenvalue weighted by atomic mass is 16.5. The van der Waals surface area contributed by atoms with Crippen molar-refractivity contribution in [2.45, 2.75) is 0 Å². The van der Waals surface area contributed by atoms with E-state index in [2.05, 4.69) is 0 Å². The van der Waals surface area contributed by atoms with Crippen LogP contribution in [0.3, 0.4) is 0 Å². The zero-order valence-corrected chi connectivity index (χ0v) is 6.69. The minimum atomic E-state index is -1.56. The molecule has 1 aromatic carbocycles. The van der Waals surface area contributed by atoms with Crippen molar-refractivity contribution in [3.8, 4) is 5.75 Å². The molecule has 0 aromatic heterocycles. The standard InChI is InChI=1S/C7H10BNO3/c1-12-6-4-2-3-5(7(6)9)8(10)11/h2-4,10-11H,9H2,1H3. The maximum absolute atomic E-state index is 8.84. The van der Waals surface area contributed by atoms with Gasteiger partial charge in [0.1, 0.15) is 5.75 Å². The van der Waals surface area contributed by atoms with Crippen molar-refractivity contribution >= 4 is 18.3 Å². The minimum Gasteiger partial charge on any atom is -0.495 e. The molecule has 0 spiro atoms. The van der Waals surface area contributed by atoms with Crippen LogP contribution in [0, 0.1) is 0 Å². The normalized spacial score (nSPS) is 9.58. The van der Waals surface area contributed by atoms with Gasteiger partial charge in [-0.15, -0.1) is 0 Å². The van der Waals surface area contributed by atoms with Gasteiger partial charge in [0.25, 0.3) is 0 Å². The Morgan fingerprint density at radius 3 is 2.58 bits per heavy atom. The summed E-state index contributed by atoms with van der Waals surface area (Å²) in [4.78, 5) is 0. The van der Waals surface area contributed by atoms with Crippen LogP contribution in [-0.4, -0.2) is 24.3 Å². The number of hydrogen-bond donors (Lipinski definition) is 3. The van der Waals surface area contributed by atoms with E-state index in [4.69, 9.17) is 20.5 Å². The van der Waals surface area contributed by atoms with Gasteiger partial charge in [0, 0.05) is 5.46 Å². The predicted octanol–water partition coefficient (Wildman–Crippen LogP) is -1.04. The minimum absolute atomic E-state index is 0.259. The maximum Gasteiger partial charge on any atom is 0.490 e. The van der Waals surface area contributed by atoms with Crippen LogP contribution in [-0.2, 0) is 0 Å². The lowest BCUT2D eigenvalue weighted by Crippen LogP contribution is -2.32. The Morgan fingerprint density at radius 1 is 1.42 bits per heavy atom. The van der Waals surface area contributed by atoms with Gasteiger partial charge in [-0.2, -0.15) is 0 Å². The molecule has 0 fully saturated rings. The Balaban J connectivity index is 3.14. The number of nitrogens with two attached hydrogens (primary N) is 1. The fraction of sp³-hybridized carbons (Fsp3) is 0.143. The topological polar surface area (TPSA) is 75.7 Å². The van der Waals surface area contributed by atoms with Gasteiger partial charge in [-0.05, 0) is 6.07 Å².